The molecule has 2 rings (SSSR count). The van der Waals surface area contributed by atoms with Crippen molar-refractivity contribution in [2.45, 2.75) is 19.9 Å². The van der Waals surface area contributed by atoms with Crippen LogP contribution in [0.1, 0.15) is 19.9 Å². The van der Waals surface area contributed by atoms with Crippen molar-refractivity contribution in [3.8, 4) is 5.75 Å². The van der Waals surface area contributed by atoms with Crippen LogP contribution in [-0.4, -0.2) is 22.3 Å². The zero-order valence-electron chi connectivity index (χ0n) is 11.0. The van der Waals surface area contributed by atoms with E-state index in [9.17, 15) is 4.79 Å². The van der Waals surface area contributed by atoms with E-state index in [-0.39, 0.29) is 18.6 Å². The SMILES string of the molecule is CC(C)n1cc(NC(=O)COc2ccccc2)cn1. The molecule has 0 saturated carbocycles. The Morgan fingerprint density at radius 2 is 2.11 bits per heavy atom. The highest BCUT2D eigenvalue weighted by molar-refractivity contribution is 5.91. The fourth-order valence-electron chi connectivity index (χ4n) is 1.55. The predicted molar refractivity (Wildman–Crippen MR) is 73.2 cm³/mol. The number of aromatic nitrogens is 2. The fraction of sp³-hybridized carbons (Fsp3) is 0.286. The summed E-state index contributed by atoms with van der Waals surface area (Å²) in [6, 6.07) is 9.51. The first kappa shape index (κ1) is 13.1. The molecule has 1 N–H and O–H groups in total. The zero-order chi connectivity index (χ0) is 13.7. The summed E-state index contributed by atoms with van der Waals surface area (Å²) >= 11 is 0. The Kier molecular flexibility index (Phi) is 4.18. The van der Waals surface area contributed by atoms with Crippen LogP contribution in [-0.2, 0) is 4.79 Å². The molecule has 0 bridgehead atoms. The molecule has 0 fully saturated rings. The van der Waals surface area contributed by atoms with Crippen LogP contribution in [0.5, 0.6) is 5.75 Å². The van der Waals surface area contributed by atoms with Gasteiger partial charge in [-0.1, -0.05) is 18.2 Å². The summed E-state index contributed by atoms with van der Waals surface area (Å²) in [6.45, 7) is 4.03. The first-order valence-electron chi connectivity index (χ1n) is 6.17. The van der Waals surface area contributed by atoms with Crippen LogP contribution in [0, 0.1) is 0 Å². The van der Waals surface area contributed by atoms with Crippen LogP contribution >= 0.6 is 0 Å². The van der Waals surface area contributed by atoms with E-state index in [0.29, 0.717) is 11.4 Å². The van der Waals surface area contributed by atoms with Gasteiger partial charge in [0.25, 0.3) is 5.91 Å². The van der Waals surface area contributed by atoms with Crippen molar-refractivity contribution < 1.29 is 9.53 Å². The minimum Gasteiger partial charge on any atom is -0.484 e. The molecule has 19 heavy (non-hydrogen) atoms. The van der Waals surface area contributed by atoms with Crippen LogP contribution in [0.15, 0.2) is 42.7 Å². The molecule has 0 aliphatic carbocycles. The van der Waals surface area contributed by atoms with E-state index in [4.69, 9.17) is 4.74 Å². The van der Waals surface area contributed by atoms with E-state index < -0.39 is 0 Å². The van der Waals surface area contributed by atoms with Gasteiger partial charge in [0, 0.05) is 12.2 Å². The van der Waals surface area contributed by atoms with Gasteiger partial charge in [-0.25, -0.2) is 0 Å². The Hall–Kier alpha value is -2.30. The third-order valence-corrected chi connectivity index (χ3v) is 2.53. The second-order valence-electron chi connectivity index (χ2n) is 4.45. The number of para-hydroxylation sites is 1. The predicted octanol–water partition coefficient (Wildman–Crippen LogP) is 2.48. The molecule has 0 spiro atoms. The van der Waals surface area contributed by atoms with Gasteiger partial charge in [-0.3, -0.25) is 9.48 Å². The van der Waals surface area contributed by atoms with Crippen molar-refractivity contribution in [1.29, 1.82) is 0 Å². The second-order valence-corrected chi connectivity index (χ2v) is 4.45. The van der Waals surface area contributed by atoms with Gasteiger partial charge < -0.3 is 10.1 Å². The number of hydrogen-bond donors (Lipinski definition) is 1. The van der Waals surface area contributed by atoms with E-state index in [1.54, 1.807) is 17.1 Å². The number of anilines is 1. The highest BCUT2D eigenvalue weighted by Gasteiger charge is 2.06. The maximum atomic E-state index is 11.7. The van der Waals surface area contributed by atoms with Gasteiger partial charge in [0.2, 0.25) is 0 Å². The lowest BCUT2D eigenvalue weighted by molar-refractivity contribution is -0.118. The Bertz CT molecular complexity index is 535. The summed E-state index contributed by atoms with van der Waals surface area (Å²) in [4.78, 5) is 11.7. The lowest BCUT2D eigenvalue weighted by Gasteiger charge is -2.06. The molecule has 0 atom stereocenters. The minimum atomic E-state index is -0.202. The molecule has 2 aromatic rings. The molecule has 1 heterocycles. The first-order valence-corrected chi connectivity index (χ1v) is 6.17. The van der Waals surface area contributed by atoms with Crippen molar-refractivity contribution in [1.82, 2.24) is 9.78 Å². The smallest absolute Gasteiger partial charge is 0.262 e. The molecule has 0 aliphatic heterocycles. The number of carbonyl (C=O) groups excluding carboxylic acids is 1. The second kappa shape index (κ2) is 6.04. The molecule has 0 unspecified atom stereocenters. The molecule has 0 aliphatic rings. The monoisotopic (exact) mass is 259 g/mol. The summed E-state index contributed by atoms with van der Waals surface area (Å²) in [5.41, 5.74) is 0.676. The van der Waals surface area contributed by atoms with Crippen LogP contribution in [0.3, 0.4) is 0 Å². The molecule has 1 aromatic carbocycles. The van der Waals surface area contributed by atoms with Crippen LogP contribution < -0.4 is 10.1 Å². The quantitative estimate of drug-likeness (QED) is 0.897. The average molecular weight is 259 g/mol. The lowest BCUT2D eigenvalue weighted by atomic mass is 10.3. The van der Waals surface area contributed by atoms with Crippen molar-refractivity contribution >= 4 is 11.6 Å². The van der Waals surface area contributed by atoms with Crippen LogP contribution in [0.25, 0.3) is 0 Å². The standard InChI is InChI=1S/C14H17N3O2/c1-11(2)17-9-12(8-15-17)16-14(18)10-19-13-6-4-3-5-7-13/h3-9,11H,10H2,1-2H3,(H,16,18). The maximum Gasteiger partial charge on any atom is 0.262 e. The third kappa shape index (κ3) is 3.84. The fourth-order valence-corrected chi connectivity index (χ4v) is 1.55. The molecular formula is C14H17N3O2. The van der Waals surface area contributed by atoms with Gasteiger partial charge in [-0.05, 0) is 26.0 Å². The van der Waals surface area contributed by atoms with Gasteiger partial charge >= 0.3 is 0 Å². The minimum absolute atomic E-state index is 0.0170. The summed E-state index contributed by atoms with van der Waals surface area (Å²) in [7, 11) is 0. The van der Waals surface area contributed by atoms with Crippen molar-refractivity contribution in [2.24, 2.45) is 0 Å². The van der Waals surface area contributed by atoms with E-state index in [2.05, 4.69) is 10.4 Å². The first-order chi connectivity index (χ1) is 9.15. The van der Waals surface area contributed by atoms with Crippen molar-refractivity contribution in [3.05, 3.63) is 42.7 Å². The molecular weight excluding hydrogens is 242 g/mol. The molecule has 0 saturated heterocycles. The van der Waals surface area contributed by atoms with E-state index >= 15 is 0 Å². The Balaban J connectivity index is 1.84. The normalized spacial score (nSPS) is 10.5. The number of hydrogen-bond acceptors (Lipinski definition) is 3. The Morgan fingerprint density at radius 3 is 2.74 bits per heavy atom. The highest BCUT2D eigenvalue weighted by Crippen LogP contribution is 2.11. The van der Waals surface area contributed by atoms with Crippen molar-refractivity contribution in [3.63, 3.8) is 0 Å². The molecule has 1 aromatic heterocycles. The lowest BCUT2D eigenvalue weighted by Crippen LogP contribution is -2.19. The van der Waals surface area contributed by atoms with Crippen LogP contribution in [0.2, 0.25) is 0 Å². The van der Waals surface area contributed by atoms with Gasteiger partial charge in [0.1, 0.15) is 5.75 Å². The number of ether oxygens (including phenoxy) is 1. The summed E-state index contributed by atoms with van der Waals surface area (Å²) in [5.74, 6) is 0.475. The largest absolute Gasteiger partial charge is 0.484 e. The van der Waals surface area contributed by atoms with Crippen LogP contribution in [0.4, 0.5) is 5.69 Å². The summed E-state index contributed by atoms with van der Waals surface area (Å²) in [6.07, 6.45) is 3.42. The zero-order valence-corrected chi connectivity index (χ0v) is 11.0. The molecule has 1 amide bonds. The number of rotatable bonds is 5. The number of nitrogens with zero attached hydrogens (tertiary/aromatic N) is 2. The average Bonchev–Trinajstić information content (AvgIpc) is 2.86. The van der Waals surface area contributed by atoms with Gasteiger partial charge in [-0.2, -0.15) is 5.10 Å². The number of benzene rings is 1. The van der Waals surface area contributed by atoms with E-state index in [1.807, 2.05) is 44.2 Å². The third-order valence-electron chi connectivity index (χ3n) is 2.53. The summed E-state index contributed by atoms with van der Waals surface area (Å²) in [5, 5.41) is 6.89. The molecule has 0 radical (unpaired) electrons. The van der Waals surface area contributed by atoms with Crippen molar-refractivity contribution in [2.75, 3.05) is 11.9 Å². The highest BCUT2D eigenvalue weighted by atomic mass is 16.5. The van der Waals surface area contributed by atoms with Gasteiger partial charge in [-0.15, -0.1) is 0 Å². The molecule has 100 valence electrons. The molecule has 5 nitrogen and oxygen atoms in total. The summed E-state index contributed by atoms with van der Waals surface area (Å²) < 4.78 is 7.14. The molecule has 5 heteroatoms. The van der Waals surface area contributed by atoms with Gasteiger partial charge in [0.15, 0.2) is 6.61 Å². The van der Waals surface area contributed by atoms with E-state index in [0.717, 1.165) is 0 Å². The van der Waals surface area contributed by atoms with E-state index in [1.165, 1.54) is 0 Å². The number of amides is 1. The Morgan fingerprint density at radius 1 is 1.37 bits per heavy atom. The number of nitrogens with one attached hydrogen (secondary N) is 1. The topological polar surface area (TPSA) is 56.2 Å². The number of carbonyl (C=O) groups is 1. The maximum absolute atomic E-state index is 11.7. The Labute approximate surface area is 112 Å². The van der Waals surface area contributed by atoms with Gasteiger partial charge in [0.05, 0.1) is 11.9 Å².